The maximum atomic E-state index is 5.53. The van der Waals surface area contributed by atoms with Gasteiger partial charge < -0.3 is 15.8 Å². The van der Waals surface area contributed by atoms with E-state index in [1.807, 2.05) is 12.1 Å². The van der Waals surface area contributed by atoms with E-state index >= 15 is 0 Å². The first-order chi connectivity index (χ1) is 8.09. The first-order valence-electron chi connectivity index (χ1n) is 5.71. The van der Waals surface area contributed by atoms with E-state index in [-0.39, 0.29) is 5.54 Å². The van der Waals surface area contributed by atoms with Crippen LogP contribution in [0.5, 0.6) is 0 Å². The van der Waals surface area contributed by atoms with Crippen molar-refractivity contribution in [1.82, 2.24) is 4.98 Å². The molecule has 0 spiro atoms. The van der Waals surface area contributed by atoms with E-state index in [4.69, 9.17) is 22.7 Å². The Morgan fingerprint density at radius 3 is 2.94 bits per heavy atom. The van der Waals surface area contributed by atoms with E-state index in [0.717, 1.165) is 30.8 Å². The molecule has 1 aliphatic heterocycles. The van der Waals surface area contributed by atoms with Crippen LogP contribution in [0.15, 0.2) is 18.3 Å². The lowest BCUT2D eigenvalue weighted by Crippen LogP contribution is -2.43. The first kappa shape index (κ1) is 12.3. The van der Waals surface area contributed by atoms with Crippen LogP contribution in [0.1, 0.15) is 25.3 Å². The van der Waals surface area contributed by atoms with Crippen molar-refractivity contribution >= 4 is 23.0 Å². The zero-order valence-electron chi connectivity index (χ0n) is 9.90. The highest BCUT2D eigenvalue weighted by molar-refractivity contribution is 7.80. The molecule has 1 fully saturated rings. The van der Waals surface area contributed by atoms with E-state index in [9.17, 15) is 0 Å². The lowest BCUT2D eigenvalue weighted by Gasteiger charge is -2.34. The monoisotopic (exact) mass is 251 g/mol. The van der Waals surface area contributed by atoms with Gasteiger partial charge >= 0.3 is 0 Å². The number of hydrogen-bond acceptors (Lipinski definition) is 4. The number of nitrogens with two attached hydrogens (primary N) is 1. The van der Waals surface area contributed by atoms with Gasteiger partial charge in [0.25, 0.3) is 0 Å². The van der Waals surface area contributed by atoms with Crippen molar-refractivity contribution < 1.29 is 4.74 Å². The van der Waals surface area contributed by atoms with Gasteiger partial charge in [0.2, 0.25) is 0 Å². The predicted octanol–water partition coefficient (Wildman–Crippen LogP) is 1.70. The molecule has 1 unspecified atom stereocenters. The Kier molecular flexibility index (Phi) is 3.59. The summed E-state index contributed by atoms with van der Waals surface area (Å²) in [5, 5.41) is 3.40. The standard InChI is InChI=1S/C12H17N3OS/c1-12(5-2-6-16-8-12)15-10-4-3-9(7-14-10)11(13)17/h3-4,7H,2,5-6,8H2,1H3,(H2,13,17)(H,14,15). The Balaban J connectivity index is 2.05. The van der Waals surface area contributed by atoms with Crippen LogP contribution in [0.4, 0.5) is 5.82 Å². The van der Waals surface area contributed by atoms with Gasteiger partial charge in [0.1, 0.15) is 10.8 Å². The van der Waals surface area contributed by atoms with Crippen molar-refractivity contribution in [3.8, 4) is 0 Å². The van der Waals surface area contributed by atoms with E-state index in [1.54, 1.807) is 6.20 Å². The Morgan fingerprint density at radius 2 is 2.41 bits per heavy atom. The number of pyridine rings is 1. The fourth-order valence-electron chi connectivity index (χ4n) is 1.96. The molecule has 1 aliphatic rings. The Bertz CT molecular complexity index is 399. The van der Waals surface area contributed by atoms with Crippen molar-refractivity contribution in [2.75, 3.05) is 18.5 Å². The third-order valence-corrected chi connectivity index (χ3v) is 3.15. The van der Waals surface area contributed by atoms with Gasteiger partial charge in [0, 0.05) is 18.4 Å². The van der Waals surface area contributed by atoms with Gasteiger partial charge in [-0.2, -0.15) is 0 Å². The number of aromatic nitrogens is 1. The van der Waals surface area contributed by atoms with Crippen molar-refractivity contribution in [1.29, 1.82) is 0 Å². The Labute approximate surface area is 107 Å². The maximum Gasteiger partial charge on any atom is 0.126 e. The number of anilines is 1. The highest BCUT2D eigenvalue weighted by atomic mass is 32.1. The molecule has 1 aromatic rings. The van der Waals surface area contributed by atoms with Gasteiger partial charge in [0.15, 0.2) is 0 Å². The predicted molar refractivity (Wildman–Crippen MR) is 72.2 cm³/mol. The number of nitrogens with one attached hydrogen (secondary N) is 1. The average Bonchev–Trinajstić information content (AvgIpc) is 2.30. The number of nitrogens with zero attached hydrogens (tertiary/aromatic N) is 1. The summed E-state index contributed by atoms with van der Waals surface area (Å²) in [4.78, 5) is 4.68. The normalized spacial score (nSPS) is 24.3. The molecule has 3 N–H and O–H groups in total. The van der Waals surface area contributed by atoms with Gasteiger partial charge in [-0.15, -0.1) is 0 Å². The molecular formula is C12H17N3OS. The van der Waals surface area contributed by atoms with Crippen molar-refractivity contribution in [2.24, 2.45) is 5.73 Å². The van der Waals surface area contributed by atoms with E-state index in [0.29, 0.717) is 11.6 Å². The average molecular weight is 251 g/mol. The van der Waals surface area contributed by atoms with E-state index < -0.39 is 0 Å². The Hall–Kier alpha value is -1.20. The zero-order valence-corrected chi connectivity index (χ0v) is 10.7. The highest BCUT2D eigenvalue weighted by Gasteiger charge is 2.27. The molecule has 4 nitrogen and oxygen atoms in total. The van der Waals surface area contributed by atoms with E-state index in [1.165, 1.54) is 0 Å². The molecule has 1 atom stereocenters. The quantitative estimate of drug-likeness (QED) is 0.801. The second kappa shape index (κ2) is 4.98. The minimum absolute atomic E-state index is 0.0318. The van der Waals surface area contributed by atoms with Crippen molar-refractivity contribution in [2.45, 2.75) is 25.3 Å². The molecule has 92 valence electrons. The van der Waals surface area contributed by atoms with Crippen LogP contribution in [0.2, 0.25) is 0 Å². The van der Waals surface area contributed by atoms with Gasteiger partial charge in [-0.25, -0.2) is 4.98 Å². The molecule has 0 amide bonds. The summed E-state index contributed by atoms with van der Waals surface area (Å²) in [6, 6.07) is 3.78. The van der Waals surface area contributed by atoms with Crippen LogP contribution < -0.4 is 11.1 Å². The first-order valence-corrected chi connectivity index (χ1v) is 6.12. The van der Waals surface area contributed by atoms with Crippen molar-refractivity contribution in [3.05, 3.63) is 23.9 Å². The largest absolute Gasteiger partial charge is 0.389 e. The summed E-state index contributed by atoms with van der Waals surface area (Å²) < 4.78 is 5.49. The summed E-state index contributed by atoms with van der Waals surface area (Å²) in [6.45, 7) is 3.71. The number of ether oxygens (including phenoxy) is 1. The summed E-state index contributed by atoms with van der Waals surface area (Å²) in [5.41, 5.74) is 6.28. The molecule has 0 bridgehead atoms. The van der Waals surface area contributed by atoms with Crippen LogP contribution in [0, 0.1) is 0 Å². The molecule has 2 rings (SSSR count). The lowest BCUT2D eigenvalue weighted by molar-refractivity contribution is 0.0539. The molecule has 0 aromatic carbocycles. The summed E-state index contributed by atoms with van der Waals surface area (Å²) in [6.07, 6.45) is 3.86. The van der Waals surface area contributed by atoms with Crippen LogP contribution in [0.25, 0.3) is 0 Å². The third kappa shape index (κ3) is 3.14. The summed E-state index contributed by atoms with van der Waals surface area (Å²) in [5.74, 6) is 0.831. The molecule has 0 saturated carbocycles. The van der Waals surface area contributed by atoms with Crippen LogP contribution in [0.3, 0.4) is 0 Å². The van der Waals surface area contributed by atoms with Gasteiger partial charge in [0.05, 0.1) is 12.1 Å². The highest BCUT2D eigenvalue weighted by Crippen LogP contribution is 2.22. The van der Waals surface area contributed by atoms with Gasteiger partial charge in [-0.3, -0.25) is 0 Å². The second-order valence-electron chi connectivity index (χ2n) is 4.64. The molecule has 1 saturated heterocycles. The maximum absolute atomic E-state index is 5.53. The van der Waals surface area contributed by atoms with E-state index in [2.05, 4.69) is 17.2 Å². The fourth-order valence-corrected chi connectivity index (χ4v) is 2.08. The molecule has 5 heteroatoms. The van der Waals surface area contributed by atoms with Crippen LogP contribution in [-0.2, 0) is 4.74 Å². The van der Waals surface area contributed by atoms with Crippen LogP contribution in [-0.4, -0.2) is 28.7 Å². The minimum atomic E-state index is -0.0318. The molecule has 17 heavy (non-hydrogen) atoms. The topological polar surface area (TPSA) is 60.2 Å². The second-order valence-corrected chi connectivity index (χ2v) is 5.08. The summed E-state index contributed by atoms with van der Waals surface area (Å²) in [7, 11) is 0. The number of rotatable bonds is 3. The lowest BCUT2D eigenvalue weighted by atomic mass is 9.95. The SMILES string of the molecule is CC1(Nc2ccc(C(N)=S)cn2)CCCOC1. The molecule has 0 aliphatic carbocycles. The number of hydrogen-bond donors (Lipinski definition) is 2. The molecule has 0 radical (unpaired) electrons. The smallest absolute Gasteiger partial charge is 0.126 e. The zero-order chi connectivity index (χ0) is 12.3. The molecule has 1 aromatic heterocycles. The van der Waals surface area contributed by atoms with Crippen molar-refractivity contribution in [3.63, 3.8) is 0 Å². The fraction of sp³-hybridized carbons (Fsp3) is 0.500. The number of thiocarbonyl (C=S) groups is 1. The molecular weight excluding hydrogens is 234 g/mol. The van der Waals surface area contributed by atoms with Gasteiger partial charge in [-0.05, 0) is 31.9 Å². The Morgan fingerprint density at radius 1 is 1.59 bits per heavy atom. The minimum Gasteiger partial charge on any atom is -0.389 e. The molecule has 2 heterocycles. The van der Waals surface area contributed by atoms with Crippen LogP contribution >= 0.6 is 12.2 Å². The third-order valence-electron chi connectivity index (χ3n) is 2.92. The van der Waals surface area contributed by atoms with Gasteiger partial charge in [-0.1, -0.05) is 12.2 Å². The summed E-state index contributed by atoms with van der Waals surface area (Å²) >= 11 is 4.89.